The molecule has 29 heavy (non-hydrogen) atoms. The smallest absolute Gasteiger partial charge is 0.323 e. The summed E-state index contributed by atoms with van der Waals surface area (Å²) in [5, 5.41) is 13.4. The molecule has 4 rings (SSSR count). The van der Waals surface area contributed by atoms with E-state index in [9.17, 15) is 14.4 Å². The van der Waals surface area contributed by atoms with Gasteiger partial charge in [-0.05, 0) is 23.3 Å². The first kappa shape index (κ1) is 18.4. The van der Waals surface area contributed by atoms with Crippen LogP contribution in [0.3, 0.4) is 0 Å². The Balaban J connectivity index is 1.70. The zero-order valence-electron chi connectivity index (χ0n) is 15.4. The number of hydrogen-bond donors (Lipinski definition) is 1. The van der Waals surface area contributed by atoms with E-state index in [1.165, 1.54) is 0 Å². The first-order chi connectivity index (χ1) is 14.0. The summed E-state index contributed by atoms with van der Waals surface area (Å²) in [5.41, 5.74) is 2.83. The number of hydrogen-bond acceptors (Lipinski definition) is 4. The third-order valence-electron chi connectivity index (χ3n) is 4.61. The number of aromatic nitrogens is 2. The van der Waals surface area contributed by atoms with Gasteiger partial charge in [0.25, 0.3) is 11.8 Å². The number of nitrogens with zero attached hydrogens (tertiary/aromatic N) is 3. The van der Waals surface area contributed by atoms with Crippen molar-refractivity contribution in [1.82, 2.24) is 14.7 Å². The Morgan fingerprint density at radius 1 is 0.966 bits per heavy atom. The molecule has 144 valence electrons. The second kappa shape index (κ2) is 7.55. The van der Waals surface area contributed by atoms with Crippen LogP contribution in [0.5, 0.6) is 0 Å². The number of fused-ring (bicyclic) bond motifs is 1. The van der Waals surface area contributed by atoms with Gasteiger partial charge < -0.3 is 5.11 Å². The van der Waals surface area contributed by atoms with Gasteiger partial charge in [-0.3, -0.25) is 24.0 Å². The highest BCUT2D eigenvalue weighted by molar-refractivity contribution is 6.34. The van der Waals surface area contributed by atoms with E-state index in [4.69, 9.17) is 5.11 Å². The maximum Gasteiger partial charge on any atom is 0.323 e. The van der Waals surface area contributed by atoms with Crippen molar-refractivity contribution in [1.29, 1.82) is 0 Å². The van der Waals surface area contributed by atoms with Crippen molar-refractivity contribution in [3.8, 4) is 0 Å². The van der Waals surface area contributed by atoms with Gasteiger partial charge in [-0.25, -0.2) is 0 Å². The van der Waals surface area contributed by atoms with Crippen LogP contribution >= 0.6 is 0 Å². The van der Waals surface area contributed by atoms with E-state index in [-0.39, 0.29) is 5.57 Å². The van der Waals surface area contributed by atoms with Gasteiger partial charge in [0.2, 0.25) is 0 Å². The van der Waals surface area contributed by atoms with Gasteiger partial charge in [-0.1, -0.05) is 48.5 Å². The van der Waals surface area contributed by atoms with Crippen LogP contribution in [0.15, 0.2) is 67.0 Å². The average Bonchev–Trinajstić information content (AvgIpc) is 3.16. The Morgan fingerprint density at radius 3 is 2.38 bits per heavy atom. The van der Waals surface area contributed by atoms with Crippen molar-refractivity contribution < 1.29 is 19.5 Å². The third kappa shape index (κ3) is 3.70. The molecule has 7 heteroatoms. The lowest BCUT2D eigenvalue weighted by atomic mass is 9.92. The Kier molecular flexibility index (Phi) is 4.78. The molecule has 2 heterocycles. The molecule has 0 fully saturated rings. The van der Waals surface area contributed by atoms with Crippen LogP contribution in [0, 0.1) is 0 Å². The zero-order chi connectivity index (χ0) is 20.4. The molecule has 0 bridgehead atoms. The molecule has 0 saturated carbocycles. The summed E-state index contributed by atoms with van der Waals surface area (Å²) >= 11 is 0. The molecule has 0 radical (unpaired) electrons. The van der Waals surface area contributed by atoms with E-state index < -0.39 is 24.3 Å². The Labute approximate surface area is 166 Å². The maximum absolute atomic E-state index is 12.9. The summed E-state index contributed by atoms with van der Waals surface area (Å²) in [5.74, 6) is -2.49. The molecular formula is C22H17N3O4. The SMILES string of the molecule is O=C(O)CN1C(=O)C(=Cc2cnn(Cc3ccccc3)c2)c2ccccc2C1=O. The number of rotatable bonds is 5. The van der Waals surface area contributed by atoms with E-state index in [0.29, 0.717) is 23.2 Å². The summed E-state index contributed by atoms with van der Waals surface area (Å²) in [6.07, 6.45) is 5.06. The monoisotopic (exact) mass is 387 g/mol. The Bertz CT molecular complexity index is 1130. The van der Waals surface area contributed by atoms with Gasteiger partial charge in [0.1, 0.15) is 6.54 Å². The Hall–Kier alpha value is -4.00. The number of benzene rings is 2. The minimum Gasteiger partial charge on any atom is -0.480 e. The molecule has 0 saturated heterocycles. The van der Waals surface area contributed by atoms with Gasteiger partial charge >= 0.3 is 5.97 Å². The van der Waals surface area contributed by atoms with E-state index in [0.717, 1.165) is 10.5 Å². The number of imide groups is 1. The molecule has 1 aliphatic heterocycles. The summed E-state index contributed by atoms with van der Waals surface area (Å²) < 4.78 is 1.75. The molecule has 0 atom stereocenters. The highest BCUT2D eigenvalue weighted by atomic mass is 16.4. The first-order valence-electron chi connectivity index (χ1n) is 8.98. The fourth-order valence-electron chi connectivity index (χ4n) is 3.30. The highest BCUT2D eigenvalue weighted by Crippen LogP contribution is 2.30. The minimum atomic E-state index is -1.25. The van der Waals surface area contributed by atoms with Crippen molar-refractivity contribution in [3.63, 3.8) is 0 Å². The Morgan fingerprint density at radius 2 is 1.66 bits per heavy atom. The van der Waals surface area contributed by atoms with Gasteiger partial charge in [0.15, 0.2) is 0 Å². The van der Waals surface area contributed by atoms with Crippen molar-refractivity contribution in [3.05, 3.63) is 89.2 Å². The van der Waals surface area contributed by atoms with Crippen molar-refractivity contribution in [2.75, 3.05) is 6.54 Å². The molecule has 7 nitrogen and oxygen atoms in total. The molecule has 1 aliphatic rings. The lowest BCUT2D eigenvalue weighted by Gasteiger charge is -2.27. The fraction of sp³-hybridized carbons (Fsp3) is 0.0909. The molecule has 2 amide bonds. The molecule has 1 aromatic heterocycles. The summed E-state index contributed by atoms with van der Waals surface area (Å²) in [7, 11) is 0. The van der Waals surface area contributed by atoms with Gasteiger partial charge in [0.05, 0.1) is 12.7 Å². The van der Waals surface area contributed by atoms with E-state index in [2.05, 4.69) is 5.10 Å². The lowest BCUT2D eigenvalue weighted by Crippen LogP contribution is -2.44. The van der Waals surface area contributed by atoms with Crippen LogP contribution in [0.2, 0.25) is 0 Å². The van der Waals surface area contributed by atoms with Crippen LogP contribution in [0.1, 0.15) is 27.0 Å². The second-order valence-corrected chi connectivity index (χ2v) is 6.65. The molecule has 0 spiro atoms. The molecular weight excluding hydrogens is 370 g/mol. The predicted molar refractivity (Wildman–Crippen MR) is 106 cm³/mol. The third-order valence-corrected chi connectivity index (χ3v) is 4.61. The van der Waals surface area contributed by atoms with Gasteiger partial charge in [-0.2, -0.15) is 5.10 Å². The number of aliphatic carboxylic acids is 1. The van der Waals surface area contributed by atoms with Gasteiger partial charge in [0, 0.05) is 22.9 Å². The number of carboxylic acids is 1. The normalized spacial score (nSPS) is 14.9. The van der Waals surface area contributed by atoms with E-state index >= 15 is 0 Å². The molecule has 1 N–H and O–H groups in total. The highest BCUT2D eigenvalue weighted by Gasteiger charge is 2.35. The topological polar surface area (TPSA) is 92.5 Å². The van der Waals surface area contributed by atoms with Crippen molar-refractivity contribution >= 4 is 29.4 Å². The molecule has 0 aliphatic carbocycles. The number of carbonyl (C=O) groups excluding carboxylic acids is 2. The standard InChI is InChI=1S/C22H17N3O4/c26-20(27)14-25-21(28)18-9-5-4-8-17(18)19(22(25)29)10-16-11-23-24(13-16)12-15-6-2-1-3-7-15/h1-11,13H,12,14H2,(H,26,27). The summed E-state index contributed by atoms with van der Waals surface area (Å²) in [6.45, 7) is -0.102. The number of carboxylic acid groups (broad SMARTS) is 1. The first-order valence-corrected chi connectivity index (χ1v) is 8.98. The molecule has 2 aromatic carbocycles. The van der Waals surface area contributed by atoms with Crippen LogP contribution in [-0.4, -0.2) is 44.1 Å². The molecule has 3 aromatic rings. The fourth-order valence-corrected chi connectivity index (χ4v) is 3.30. The van der Waals surface area contributed by atoms with E-state index in [1.807, 2.05) is 30.3 Å². The summed E-state index contributed by atoms with van der Waals surface area (Å²) in [6, 6.07) is 16.5. The predicted octanol–water partition coefficient (Wildman–Crippen LogP) is 2.54. The van der Waals surface area contributed by atoms with Gasteiger partial charge in [-0.15, -0.1) is 0 Å². The zero-order valence-corrected chi connectivity index (χ0v) is 15.4. The van der Waals surface area contributed by atoms with Crippen LogP contribution < -0.4 is 0 Å². The molecule has 0 unspecified atom stereocenters. The van der Waals surface area contributed by atoms with Crippen LogP contribution in [-0.2, 0) is 16.1 Å². The quantitative estimate of drug-likeness (QED) is 0.536. The minimum absolute atomic E-state index is 0.265. The largest absolute Gasteiger partial charge is 0.480 e. The van der Waals surface area contributed by atoms with E-state index in [1.54, 1.807) is 47.4 Å². The number of amides is 2. The maximum atomic E-state index is 12.9. The van der Waals surface area contributed by atoms with Crippen molar-refractivity contribution in [2.45, 2.75) is 6.54 Å². The lowest BCUT2D eigenvalue weighted by molar-refractivity contribution is -0.141. The van der Waals surface area contributed by atoms with Crippen molar-refractivity contribution in [2.24, 2.45) is 0 Å². The van der Waals surface area contributed by atoms with Crippen LogP contribution in [0.25, 0.3) is 11.6 Å². The van der Waals surface area contributed by atoms with Crippen LogP contribution in [0.4, 0.5) is 0 Å². The average molecular weight is 387 g/mol. The summed E-state index contributed by atoms with van der Waals surface area (Å²) in [4.78, 5) is 37.3. The number of carbonyl (C=O) groups is 3. The second-order valence-electron chi connectivity index (χ2n) is 6.65.